The standard InChI is InChI=1S/C23H26N4/c1-16-17(2)24-23(25-18(3)19-9-5-4-6-10-19)26-22(16)27-14-13-20-11-7-8-12-21(20)15-27/h4-12,18H,13-15H2,1-3H3,(H,24,25,26). The number of anilines is 2. The second kappa shape index (κ2) is 7.39. The van der Waals surface area contributed by atoms with E-state index in [2.05, 4.69) is 84.5 Å². The van der Waals surface area contributed by atoms with Crippen molar-refractivity contribution in [3.05, 3.63) is 82.5 Å². The van der Waals surface area contributed by atoms with E-state index in [0.717, 1.165) is 36.6 Å². The summed E-state index contributed by atoms with van der Waals surface area (Å²) in [6.45, 7) is 8.22. The van der Waals surface area contributed by atoms with Crippen LogP contribution in [0.3, 0.4) is 0 Å². The minimum atomic E-state index is 0.156. The highest BCUT2D eigenvalue weighted by Crippen LogP contribution is 2.28. The Kier molecular flexibility index (Phi) is 4.80. The van der Waals surface area contributed by atoms with E-state index in [-0.39, 0.29) is 6.04 Å². The van der Waals surface area contributed by atoms with Crippen LogP contribution in [0.2, 0.25) is 0 Å². The summed E-state index contributed by atoms with van der Waals surface area (Å²) >= 11 is 0. The van der Waals surface area contributed by atoms with E-state index < -0.39 is 0 Å². The molecule has 1 atom stereocenters. The Morgan fingerprint density at radius 3 is 2.41 bits per heavy atom. The molecule has 1 aliphatic heterocycles. The molecule has 4 nitrogen and oxygen atoms in total. The first-order valence-electron chi connectivity index (χ1n) is 9.60. The summed E-state index contributed by atoms with van der Waals surface area (Å²) in [6.07, 6.45) is 1.06. The molecule has 1 N–H and O–H groups in total. The quantitative estimate of drug-likeness (QED) is 0.725. The molecule has 4 rings (SSSR count). The minimum Gasteiger partial charge on any atom is -0.352 e. The number of benzene rings is 2. The van der Waals surface area contributed by atoms with Crippen molar-refractivity contribution in [2.24, 2.45) is 0 Å². The van der Waals surface area contributed by atoms with Gasteiger partial charge in [-0.25, -0.2) is 4.98 Å². The molecule has 0 amide bonds. The monoisotopic (exact) mass is 358 g/mol. The van der Waals surface area contributed by atoms with E-state index in [0.29, 0.717) is 5.95 Å². The van der Waals surface area contributed by atoms with Crippen LogP contribution in [0, 0.1) is 13.8 Å². The zero-order valence-corrected chi connectivity index (χ0v) is 16.2. The van der Waals surface area contributed by atoms with Crippen LogP contribution in [0.5, 0.6) is 0 Å². The van der Waals surface area contributed by atoms with E-state index in [1.165, 1.54) is 16.7 Å². The lowest BCUT2D eigenvalue weighted by molar-refractivity contribution is 0.714. The molecule has 0 saturated carbocycles. The van der Waals surface area contributed by atoms with Crippen molar-refractivity contribution in [3.63, 3.8) is 0 Å². The third-order valence-electron chi connectivity index (χ3n) is 5.44. The van der Waals surface area contributed by atoms with Crippen molar-refractivity contribution < 1.29 is 0 Å². The molecule has 27 heavy (non-hydrogen) atoms. The number of fused-ring (bicyclic) bond motifs is 1. The van der Waals surface area contributed by atoms with Crippen molar-refractivity contribution in [3.8, 4) is 0 Å². The zero-order chi connectivity index (χ0) is 18.8. The summed E-state index contributed by atoms with van der Waals surface area (Å²) in [4.78, 5) is 12.0. The van der Waals surface area contributed by atoms with Gasteiger partial charge in [0.05, 0.1) is 6.04 Å². The van der Waals surface area contributed by atoms with Crippen LogP contribution in [0.15, 0.2) is 54.6 Å². The van der Waals surface area contributed by atoms with E-state index >= 15 is 0 Å². The fourth-order valence-electron chi connectivity index (χ4n) is 3.68. The molecular weight excluding hydrogens is 332 g/mol. The third kappa shape index (κ3) is 3.65. The van der Waals surface area contributed by atoms with Crippen molar-refractivity contribution >= 4 is 11.8 Å². The summed E-state index contributed by atoms with van der Waals surface area (Å²) in [5.74, 6) is 1.74. The number of hydrogen-bond donors (Lipinski definition) is 1. The number of aryl methyl sites for hydroxylation is 1. The van der Waals surface area contributed by atoms with Crippen LogP contribution in [-0.2, 0) is 13.0 Å². The highest BCUT2D eigenvalue weighted by atomic mass is 15.2. The molecule has 2 heterocycles. The van der Waals surface area contributed by atoms with Gasteiger partial charge >= 0.3 is 0 Å². The average molecular weight is 358 g/mol. The van der Waals surface area contributed by atoms with Gasteiger partial charge in [-0.3, -0.25) is 0 Å². The van der Waals surface area contributed by atoms with Crippen molar-refractivity contribution in [1.82, 2.24) is 9.97 Å². The molecule has 1 aromatic heterocycles. The molecule has 3 aromatic rings. The highest BCUT2D eigenvalue weighted by molar-refractivity contribution is 5.54. The SMILES string of the molecule is Cc1nc(NC(C)c2ccccc2)nc(N2CCc3ccccc3C2)c1C. The summed E-state index contributed by atoms with van der Waals surface area (Å²) in [6, 6.07) is 19.3. The van der Waals surface area contributed by atoms with Crippen LogP contribution in [0.4, 0.5) is 11.8 Å². The maximum Gasteiger partial charge on any atom is 0.225 e. The van der Waals surface area contributed by atoms with Crippen LogP contribution in [0.25, 0.3) is 0 Å². The number of nitrogens with zero attached hydrogens (tertiary/aromatic N) is 3. The van der Waals surface area contributed by atoms with Gasteiger partial charge in [0.15, 0.2) is 0 Å². The van der Waals surface area contributed by atoms with Crippen LogP contribution in [0.1, 0.15) is 40.9 Å². The topological polar surface area (TPSA) is 41.1 Å². The molecule has 0 radical (unpaired) electrons. The van der Waals surface area contributed by atoms with Gasteiger partial charge in [-0.2, -0.15) is 4.98 Å². The molecule has 1 aliphatic rings. The van der Waals surface area contributed by atoms with E-state index in [9.17, 15) is 0 Å². The van der Waals surface area contributed by atoms with Gasteiger partial charge in [0.2, 0.25) is 5.95 Å². The summed E-state index contributed by atoms with van der Waals surface area (Å²) in [7, 11) is 0. The normalized spacial score (nSPS) is 14.6. The first kappa shape index (κ1) is 17.5. The Labute approximate surface area is 161 Å². The van der Waals surface area contributed by atoms with E-state index in [1.807, 2.05) is 6.07 Å². The number of aromatic nitrogens is 2. The van der Waals surface area contributed by atoms with Gasteiger partial charge < -0.3 is 10.2 Å². The largest absolute Gasteiger partial charge is 0.352 e. The van der Waals surface area contributed by atoms with Crippen LogP contribution >= 0.6 is 0 Å². The molecule has 0 spiro atoms. The Morgan fingerprint density at radius 1 is 0.926 bits per heavy atom. The second-order valence-electron chi connectivity index (χ2n) is 7.30. The molecule has 0 saturated heterocycles. The molecule has 138 valence electrons. The van der Waals surface area contributed by atoms with Gasteiger partial charge in [-0.05, 0) is 43.9 Å². The second-order valence-corrected chi connectivity index (χ2v) is 7.30. The molecule has 0 aliphatic carbocycles. The lowest BCUT2D eigenvalue weighted by atomic mass is 9.99. The summed E-state index contributed by atoms with van der Waals surface area (Å²) in [5.41, 5.74) is 6.27. The van der Waals surface area contributed by atoms with Gasteiger partial charge in [-0.15, -0.1) is 0 Å². The van der Waals surface area contributed by atoms with Crippen LogP contribution < -0.4 is 10.2 Å². The van der Waals surface area contributed by atoms with Crippen molar-refractivity contribution in [2.45, 2.75) is 39.8 Å². The zero-order valence-electron chi connectivity index (χ0n) is 16.2. The smallest absolute Gasteiger partial charge is 0.225 e. The van der Waals surface area contributed by atoms with E-state index in [4.69, 9.17) is 4.98 Å². The predicted molar refractivity (Wildman–Crippen MR) is 111 cm³/mol. The number of rotatable bonds is 4. The Bertz CT molecular complexity index is 936. The number of nitrogens with one attached hydrogen (secondary N) is 1. The molecule has 2 aromatic carbocycles. The first-order valence-corrected chi connectivity index (χ1v) is 9.60. The van der Waals surface area contributed by atoms with Gasteiger partial charge in [-0.1, -0.05) is 54.6 Å². The maximum absolute atomic E-state index is 4.90. The Balaban J connectivity index is 1.60. The van der Waals surface area contributed by atoms with Gasteiger partial charge in [0.25, 0.3) is 0 Å². The van der Waals surface area contributed by atoms with Gasteiger partial charge in [0, 0.05) is 24.3 Å². The molecule has 4 heteroatoms. The lowest BCUT2D eigenvalue weighted by Crippen LogP contribution is -2.32. The van der Waals surface area contributed by atoms with E-state index in [1.54, 1.807) is 0 Å². The average Bonchev–Trinajstić information content (AvgIpc) is 2.71. The molecule has 0 fully saturated rings. The van der Waals surface area contributed by atoms with Gasteiger partial charge in [0.1, 0.15) is 5.82 Å². The first-order chi connectivity index (χ1) is 13.1. The molecule has 1 unspecified atom stereocenters. The van der Waals surface area contributed by atoms with Crippen molar-refractivity contribution in [2.75, 3.05) is 16.8 Å². The summed E-state index contributed by atoms with van der Waals surface area (Å²) in [5, 5.41) is 3.48. The molecular formula is C23H26N4. The molecule has 0 bridgehead atoms. The van der Waals surface area contributed by atoms with Crippen molar-refractivity contribution in [1.29, 1.82) is 0 Å². The third-order valence-corrected chi connectivity index (χ3v) is 5.44. The summed E-state index contributed by atoms with van der Waals surface area (Å²) < 4.78 is 0. The lowest BCUT2D eigenvalue weighted by Gasteiger charge is -2.31. The fraction of sp³-hybridized carbons (Fsp3) is 0.304. The fourth-order valence-corrected chi connectivity index (χ4v) is 3.68. The predicted octanol–water partition coefficient (Wildman–Crippen LogP) is 4.83. The Hall–Kier alpha value is -2.88. The highest BCUT2D eigenvalue weighted by Gasteiger charge is 2.21. The maximum atomic E-state index is 4.90. The Morgan fingerprint density at radius 2 is 1.63 bits per heavy atom. The van der Waals surface area contributed by atoms with Crippen LogP contribution in [-0.4, -0.2) is 16.5 Å². The number of hydrogen-bond acceptors (Lipinski definition) is 4. The minimum absolute atomic E-state index is 0.156.